The van der Waals surface area contributed by atoms with Crippen molar-refractivity contribution in [3.63, 3.8) is 0 Å². The quantitative estimate of drug-likeness (QED) is 0.597. The van der Waals surface area contributed by atoms with Gasteiger partial charge in [-0.3, -0.25) is 9.69 Å². The minimum Gasteiger partial charge on any atom is -0.494 e. The lowest BCUT2D eigenvalue weighted by molar-refractivity contribution is -0.122. The van der Waals surface area contributed by atoms with Crippen LogP contribution < -0.4 is 4.74 Å². The molecule has 1 aliphatic rings. The lowest BCUT2D eigenvalue weighted by Gasteiger charge is -2.17. The first-order chi connectivity index (χ1) is 11.3. The molecule has 0 aliphatic carbocycles. The van der Waals surface area contributed by atoms with Gasteiger partial charge in [-0.15, -0.1) is 0 Å². The second-order valence-electron chi connectivity index (χ2n) is 6.25. The molecule has 2 rings (SSSR count). The van der Waals surface area contributed by atoms with E-state index in [9.17, 15) is 4.79 Å². The standard InChI is InChI=1S/C19H26N2O2S/c1-7-21-18(22)16(20(6)19(21)24)11-14-10-15(12(3)4)17(23-8-2)9-13(14)5/h9-12H,7-8H2,1-6H3/b16-11-. The number of ether oxygens (including phenoxy) is 1. The van der Waals surface area contributed by atoms with E-state index >= 15 is 0 Å². The van der Waals surface area contributed by atoms with E-state index in [4.69, 9.17) is 17.0 Å². The Morgan fingerprint density at radius 2 is 1.96 bits per heavy atom. The van der Waals surface area contributed by atoms with E-state index in [1.54, 1.807) is 9.80 Å². The molecular formula is C19H26N2O2S. The van der Waals surface area contributed by atoms with E-state index < -0.39 is 0 Å². The van der Waals surface area contributed by atoms with Crippen LogP contribution in [0.4, 0.5) is 0 Å². The van der Waals surface area contributed by atoms with Crippen LogP contribution in [0.25, 0.3) is 6.08 Å². The Bertz CT molecular complexity index is 695. The van der Waals surface area contributed by atoms with Gasteiger partial charge in [0, 0.05) is 13.6 Å². The predicted molar refractivity (Wildman–Crippen MR) is 102 cm³/mol. The topological polar surface area (TPSA) is 32.8 Å². The van der Waals surface area contributed by atoms with Crippen molar-refractivity contribution in [2.75, 3.05) is 20.2 Å². The van der Waals surface area contributed by atoms with Crippen molar-refractivity contribution in [1.82, 2.24) is 9.80 Å². The lowest BCUT2D eigenvalue weighted by atomic mass is 9.96. The van der Waals surface area contributed by atoms with Crippen molar-refractivity contribution in [2.45, 2.75) is 40.5 Å². The van der Waals surface area contributed by atoms with Crippen LogP contribution in [0.2, 0.25) is 0 Å². The third-order valence-electron chi connectivity index (χ3n) is 4.27. The van der Waals surface area contributed by atoms with E-state index in [2.05, 4.69) is 26.0 Å². The van der Waals surface area contributed by atoms with Gasteiger partial charge in [0.15, 0.2) is 5.11 Å². The van der Waals surface area contributed by atoms with Gasteiger partial charge in [-0.1, -0.05) is 13.8 Å². The van der Waals surface area contributed by atoms with Gasteiger partial charge in [0.05, 0.1) is 6.61 Å². The number of aryl methyl sites for hydroxylation is 1. The number of rotatable bonds is 5. The summed E-state index contributed by atoms with van der Waals surface area (Å²) >= 11 is 5.36. The molecule has 0 bridgehead atoms. The second kappa shape index (κ2) is 7.34. The normalized spacial score (nSPS) is 16.7. The van der Waals surface area contributed by atoms with E-state index in [1.165, 1.54) is 0 Å². The van der Waals surface area contributed by atoms with Crippen molar-refractivity contribution in [2.24, 2.45) is 0 Å². The van der Waals surface area contributed by atoms with E-state index in [0.717, 1.165) is 22.4 Å². The molecule has 0 spiro atoms. The van der Waals surface area contributed by atoms with E-state index in [0.29, 0.717) is 29.9 Å². The molecule has 4 nitrogen and oxygen atoms in total. The zero-order chi connectivity index (χ0) is 18.0. The zero-order valence-electron chi connectivity index (χ0n) is 15.3. The molecule has 24 heavy (non-hydrogen) atoms. The summed E-state index contributed by atoms with van der Waals surface area (Å²) in [4.78, 5) is 16.0. The molecule has 130 valence electrons. The maximum Gasteiger partial charge on any atom is 0.276 e. The Morgan fingerprint density at radius 1 is 1.29 bits per heavy atom. The van der Waals surface area contributed by atoms with Crippen molar-refractivity contribution < 1.29 is 9.53 Å². The number of benzene rings is 1. The largest absolute Gasteiger partial charge is 0.494 e. The molecule has 1 fully saturated rings. The SMILES string of the molecule is CCOc1cc(C)c(/C=C2/C(=O)N(CC)C(=S)N2C)cc1C(C)C. The van der Waals surface area contributed by atoms with Crippen LogP contribution >= 0.6 is 12.2 Å². The average molecular weight is 346 g/mol. The molecule has 1 aromatic rings. The molecule has 0 radical (unpaired) electrons. The van der Waals surface area contributed by atoms with Gasteiger partial charge >= 0.3 is 0 Å². The van der Waals surface area contributed by atoms with E-state index in [-0.39, 0.29) is 5.91 Å². The van der Waals surface area contributed by atoms with Crippen LogP contribution in [0.15, 0.2) is 17.8 Å². The van der Waals surface area contributed by atoms with Gasteiger partial charge in [0.25, 0.3) is 5.91 Å². The first-order valence-electron chi connectivity index (χ1n) is 8.40. The van der Waals surface area contributed by atoms with Gasteiger partial charge in [-0.2, -0.15) is 0 Å². The summed E-state index contributed by atoms with van der Waals surface area (Å²) in [5.41, 5.74) is 3.87. The summed E-state index contributed by atoms with van der Waals surface area (Å²) < 4.78 is 5.77. The summed E-state index contributed by atoms with van der Waals surface area (Å²) in [6, 6.07) is 4.18. The van der Waals surface area contributed by atoms with Crippen LogP contribution in [0.5, 0.6) is 5.75 Å². The maximum atomic E-state index is 12.6. The van der Waals surface area contributed by atoms with Gasteiger partial charge < -0.3 is 9.64 Å². The molecule has 0 aromatic heterocycles. The van der Waals surface area contributed by atoms with Gasteiger partial charge in [0.2, 0.25) is 0 Å². The van der Waals surface area contributed by atoms with Crippen molar-refractivity contribution in [1.29, 1.82) is 0 Å². The zero-order valence-corrected chi connectivity index (χ0v) is 16.2. The third-order valence-corrected chi connectivity index (χ3v) is 4.77. The van der Waals surface area contributed by atoms with Gasteiger partial charge in [0.1, 0.15) is 11.4 Å². The van der Waals surface area contributed by atoms with Crippen LogP contribution in [0, 0.1) is 6.92 Å². The number of carbonyl (C=O) groups excluding carboxylic acids is 1. The predicted octanol–water partition coefficient (Wildman–Crippen LogP) is 3.94. The molecule has 1 amide bonds. The number of thiocarbonyl (C=S) groups is 1. The summed E-state index contributed by atoms with van der Waals surface area (Å²) in [6.45, 7) is 11.5. The Labute approximate surface area is 150 Å². The molecule has 5 heteroatoms. The number of carbonyl (C=O) groups is 1. The first-order valence-corrected chi connectivity index (χ1v) is 8.81. The van der Waals surface area contributed by atoms with Crippen molar-refractivity contribution in [3.05, 3.63) is 34.5 Å². The number of hydrogen-bond donors (Lipinski definition) is 0. The summed E-state index contributed by atoms with van der Waals surface area (Å²) in [5.74, 6) is 1.22. The monoisotopic (exact) mass is 346 g/mol. The van der Waals surface area contributed by atoms with Crippen molar-refractivity contribution in [3.8, 4) is 5.75 Å². The summed E-state index contributed by atoms with van der Waals surface area (Å²) in [7, 11) is 1.84. The fourth-order valence-electron chi connectivity index (χ4n) is 2.84. The fourth-order valence-corrected chi connectivity index (χ4v) is 3.15. The summed E-state index contributed by atoms with van der Waals surface area (Å²) in [6.07, 6.45) is 1.93. The third kappa shape index (κ3) is 3.31. The average Bonchev–Trinajstić information content (AvgIpc) is 2.72. The smallest absolute Gasteiger partial charge is 0.276 e. The van der Waals surface area contributed by atoms with Crippen LogP contribution in [-0.4, -0.2) is 41.0 Å². The maximum absolute atomic E-state index is 12.6. The van der Waals surface area contributed by atoms with Crippen LogP contribution in [0.3, 0.4) is 0 Å². The van der Waals surface area contributed by atoms with E-state index in [1.807, 2.05) is 33.9 Å². The highest BCUT2D eigenvalue weighted by Crippen LogP contribution is 2.32. The highest BCUT2D eigenvalue weighted by Gasteiger charge is 2.34. The molecule has 0 unspecified atom stereocenters. The Morgan fingerprint density at radius 3 is 2.46 bits per heavy atom. The first kappa shape index (κ1) is 18.5. The lowest BCUT2D eigenvalue weighted by Crippen LogP contribution is -2.30. The molecular weight excluding hydrogens is 320 g/mol. The number of amides is 1. The molecule has 0 atom stereocenters. The van der Waals surface area contributed by atoms with Crippen LogP contribution in [0.1, 0.15) is 50.3 Å². The second-order valence-corrected chi connectivity index (χ2v) is 6.62. The van der Waals surface area contributed by atoms with Crippen LogP contribution in [-0.2, 0) is 4.79 Å². The highest BCUT2D eigenvalue weighted by molar-refractivity contribution is 7.80. The minimum atomic E-state index is -0.0376. The van der Waals surface area contributed by atoms with Gasteiger partial charge in [-0.25, -0.2) is 0 Å². The highest BCUT2D eigenvalue weighted by atomic mass is 32.1. The number of likely N-dealkylation sites (N-methyl/N-ethyl adjacent to an activating group) is 2. The minimum absolute atomic E-state index is 0.0376. The molecule has 1 heterocycles. The molecule has 0 N–H and O–H groups in total. The number of nitrogens with zero attached hydrogens (tertiary/aromatic N) is 2. The molecule has 1 saturated heterocycles. The van der Waals surface area contributed by atoms with Gasteiger partial charge in [-0.05, 0) is 73.8 Å². The number of hydrogen-bond acceptors (Lipinski definition) is 3. The molecule has 1 aliphatic heterocycles. The Balaban J connectivity index is 2.51. The molecule has 1 aromatic carbocycles. The molecule has 0 saturated carbocycles. The Kier molecular flexibility index (Phi) is 5.65. The van der Waals surface area contributed by atoms with Crippen molar-refractivity contribution >= 4 is 29.3 Å². The summed E-state index contributed by atoms with van der Waals surface area (Å²) in [5, 5.41) is 0.557. The Hall–Kier alpha value is -1.88. The fraction of sp³-hybridized carbons (Fsp3) is 0.474.